The van der Waals surface area contributed by atoms with Crippen molar-refractivity contribution in [3.05, 3.63) is 48.0 Å². The van der Waals surface area contributed by atoms with Gasteiger partial charge >= 0.3 is 0 Å². The summed E-state index contributed by atoms with van der Waals surface area (Å²) in [5, 5.41) is 50.0. The molecule has 1 aromatic rings. The fourth-order valence-electron chi connectivity index (χ4n) is 11.6. The number of aliphatic hydroxyl groups excluding tert-OH is 3. The molecule has 11 nitrogen and oxygen atoms in total. The van der Waals surface area contributed by atoms with Crippen LogP contribution in [0.25, 0.3) is 0 Å². The van der Waals surface area contributed by atoms with E-state index >= 15 is 0 Å². The van der Waals surface area contributed by atoms with Gasteiger partial charge in [-0.05, 0) is 101 Å². The van der Waals surface area contributed by atoms with Crippen molar-refractivity contribution in [3.63, 3.8) is 0 Å². The van der Waals surface area contributed by atoms with E-state index in [1.807, 2.05) is 78.0 Å². The maximum absolute atomic E-state index is 13.4. The number of aliphatic hydroxyl groups is 4. The van der Waals surface area contributed by atoms with Crippen LogP contribution < -0.4 is 5.32 Å². The van der Waals surface area contributed by atoms with Gasteiger partial charge in [-0.1, -0.05) is 85.7 Å². The number of hydrogen-bond acceptors (Lipinski definition) is 10. The van der Waals surface area contributed by atoms with E-state index in [2.05, 4.69) is 33.0 Å². The summed E-state index contributed by atoms with van der Waals surface area (Å²) < 4.78 is 34.1. The summed E-state index contributed by atoms with van der Waals surface area (Å²) in [4.78, 5) is 13.4. The quantitative estimate of drug-likeness (QED) is 0.121. The number of rotatable bonds is 14. The van der Waals surface area contributed by atoms with Gasteiger partial charge in [0.2, 0.25) is 11.7 Å². The molecule has 0 saturated carbocycles. The molecule has 5 N–H and O–H groups in total. The Morgan fingerprint density at radius 3 is 2.25 bits per heavy atom. The van der Waals surface area contributed by atoms with Crippen molar-refractivity contribution >= 4 is 5.91 Å². The molecular formula is C49H79NO10. The van der Waals surface area contributed by atoms with E-state index < -0.39 is 53.1 Å². The standard InChI is InChI=1S/C49H79NO10/c1-11-36(45(54)50-28-35-17-15-14-16-18-35)38-20-19-29(4)43(57-38)33(8)41(52)32(7)42(53)37(12-2)44-30(5)27-31(6)48(58-44)24-21-39(51)49(60-48)26-25-46(10,59-49)40-22-23-47(55,13-3)34(9)56-40/h14-18,21,24,29-34,36-44,51-53,55H,11-13,19-20,22-23,25-28H2,1-10H3,(H,50,54)/t29-,30-,31+,32-,33-,34-,36+,37-,38+,39+,40+,41+,42+,43+,44-,46-,47+,48-,49-/m0/s1. The normalized spacial score (nSPS) is 42.7. The molecular weight excluding hydrogens is 763 g/mol. The van der Waals surface area contributed by atoms with E-state index in [4.69, 9.17) is 23.7 Å². The molecule has 2 spiro atoms. The molecule has 0 aliphatic carbocycles. The zero-order chi connectivity index (χ0) is 43.8. The van der Waals surface area contributed by atoms with E-state index in [0.717, 1.165) is 24.8 Å². The SMILES string of the molecule is CC[C@@H]([C@H](O)[C@@H](C)[C@@H](O)[C@H](C)[C@@H]1O[C@@H]([C@@H](CC)C(=O)NCc2ccccc2)CC[C@@H]1C)[C@H]1O[C@]2(C=C[C@@H](O)[C@]3(CC[C@@](C)([C@H]4CC[C@](O)(CC)[C@H](C)O4)O3)O2)[C@H](C)C[C@@H]1C. The van der Waals surface area contributed by atoms with Gasteiger partial charge in [-0.15, -0.1) is 0 Å². The third kappa shape index (κ3) is 9.32. The number of carbonyl (C=O) groups is 1. The van der Waals surface area contributed by atoms with Crippen molar-refractivity contribution in [1.82, 2.24) is 5.32 Å². The van der Waals surface area contributed by atoms with Crippen LogP contribution in [-0.2, 0) is 35.0 Å². The molecule has 11 heteroatoms. The van der Waals surface area contributed by atoms with Crippen molar-refractivity contribution in [2.75, 3.05) is 0 Å². The second-order valence-electron chi connectivity index (χ2n) is 20.0. The number of amides is 1. The minimum atomic E-state index is -1.35. The highest BCUT2D eigenvalue weighted by atomic mass is 16.8. The lowest BCUT2D eigenvalue weighted by molar-refractivity contribution is -0.411. The van der Waals surface area contributed by atoms with Crippen molar-refractivity contribution in [1.29, 1.82) is 0 Å². The molecule has 4 fully saturated rings. The van der Waals surface area contributed by atoms with E-state index in [9.17, 15) is 25.2 Å². The third-order valence-corrected chi connectivity index (χ3v) is 16.0. The largest absolute Gasteiger partial charge is 0.392 e. The first kappa shape index (κ1) is 47.5. The molecule has 0 aromatic heterocycles. The van der Waals surface area contributed by atoms with Crippen LogP contribution in [-0.4, -0.2) is 97.9 Å². The molecule has 5 aliphatic heterocycles. The predicted molar refractivity (Wildman–Crippen MR) is 230 cm³/mol. The highest BCUT2D eigenvalue weighted by molar-refractivity contribution is 5.79. The van der Waals surface area contributed by atoms with E-state index in [-0.39, 0.29) is 65.8 Å². The monoisotopic (exact) mass is 842 g/mol. The Morgan fingerprint density at radius 1 is 0.883 bits per heavy atom. The van der Waals surface area contributed by atoms with Crippen molar-refractivity contribution in [3.8, 4) is 0 Å². The molecule has 5 heterocycles. The van der Waals surface area contributed by atoms with Crippen LogP contribution in [0.3, 0.4) is 0 Å². The molecule has 0 unspecified atom stereocenters. The second-order valence-corrected chi connectivity index (χ2v) is 20.0. The summed E-state index contributed by atoms with van der Waals surface area (Å²) in [5.41, 5.74) is -0.559. The second kappa shape index (κ2) is 19.0. The Balaban J connectivity index is 1.12. The Hall–Kier alpha value is -1.93. The summed E-state index contributed by atoms with van der Waals surface area (Å²) in [5.74, 6) is -3.79. The van der Waals surface area contributed by atoms with Crippen LogP contribution in [0.4, 0.5) is 0 Å². The lowest BCUT2D eigenvalue weighted by Gasteiger charge is -2.55. The molecule has 0 bridgehead atoms. The van der Waals surface area contributed by atoms with Gasteiger partial charge in [0.05, 0.1) is 59.8 Å². The Labute approximate surface area is 360 Å². The Morgan fingerprint density at radius 2 is 1.60 bits per heavy atom. The van der Waals surface area contributed by atoms with Crippen LogP contribution in [0.15, 0.2) is 42.5 Å². The van der Waals surface area contributed by atoms with Gasteiger partial charge in [0.1, 0.15) is 6.10 Å². The number of benzene rings is 1. The maximum atomic E-state index is 13.4. The van der Waals surface area contributed by atoms with Gasteiger partial charge in [0.15, 0.2) is 5.79 Å². The summed E-state index contributed by atoms with van der Waals surface area (Å²) >= 11 is 0. The van der Waals surface area contributed by atoms with Gasteiger partial charge in [0.25, 0.3) is 0 Å². The summed E-state index contributed by atoms with van der Waals surface area (Å²) in [7, 11) is 0. The summed E-state index contributed by atoms with van der Waals surface area (Å²) in [6.07, 6.45) is 5.88. The lowest BCUT2D eigenvalue weighted by Crippen LogP contribution is -2.63. The number of carbonyl (C=O) groups excluding carboxylic acids is 1. The van der Waals surface area contributed by atoms with Crippen LogP contribution in [0, 0.1) is 41.4 Å². The summed E-state index contributed by atoms with van der Waals surface area (Å²) in [6, 6.07) is 9.90. The minimum absolute atomic E-state index is 0.0136. The van der Waals surface area contributed by atoms with Crippen LogP contribution >= 0.6 is 0 Å². The first-order valence-electron chi connectivity index (χ1n) is 23.5. The zero-order valence-corrected chi connectivity index (χ0v) is 38.2. The van der Waals surface area contributed by atoms with E-state index in [1.54, 1.807) is 6.08 Å². The molecule has 1 aromatic carbocycles. The van der Waals surface area contributed by atoms with Gasteiger partial charge in [-0.3, -0.25) is 4.79 Å². The fourth-order valence-corrected chi connectivity index (χ4v) is 11.6. The van der Waals surface area contributed by atoms with E-state index in [0.29, 0.717) is 51.5 Å². The highest BCUT2D eigenvalue weighted by Crippen LogP contribution is 2.54. The number of hydrogen-bond donors (Lipinski definition) is 5. The smallest absolute Gasteiger partial charge is 0.225 e. The first-order valence-corrected chi connectivity index (χ1v) is 23.5. The summed E-state index contributed by atoms with van der Waals surface area (Å²) in [6.45, 7) is 20.8. The molecule has 5 aliphatic rings. The average Bonchev–Trinajstić information content (AvgIpc) is 3.59. The number of nitrogens with one attached hydrogen (secondary N) is 1. The van der Waals surface area contributed by atoms with Crippen LogP contribution in [0.5, 0.6) is 0 Å². The lowest BCUT2D eigenvalue weighted by atomic mass is 9.72. The van der Waals surface area contributed by atoms with Crippen LogP contribution in [0.2, 0.25) is 0 Å². The molecule has 6 rings (SSSR count). The van der Waals surface area contributed by atoms with Crippen molar-refractivity contribution in [2.45, 2.75) is 212 Å². The zero-order valence-electron chi connectivity index (χ0n) is 38.2. The van der Waals surface area contributed by atoms with Gasteiger partial charge in [-0.25, -0.2) is 0 Å². The molecule has 19 atom stereocenters. The van der Waals surface area contributed by atoms with Crippen molar-refractivity contribution in [2.24, 2.45) is 41.4 Å². The van der Waals surface area contributed by atoms with Gasteiger partial charge in [-0.2, -0.15) is 0 Å². The highest BCUT2D eigenvalue weighted by Gasteiger charge is 2.63. The molecule has 1 amide bonds. The minimum Gasteiger partial charge on any atom is -0.392 e. The molecule has 340 valence electrons. The van der Waals surface area contributed by atoms with Gasteiger partial charge < -0.3 is 49.4 Å². The average molecular weight is 842 g/mol. The predicted octanol–water partition coefficient (Wildman–Crippen LogP) is 7.21. The topological polar surface area (TPSA) is 156 Å². The Bertz CT molecular complexity index is 1600. The Kier molecular flexibility index (Phi) is 15.1. The van der Waals surface area contributed by atoms with Gasteiger partial charge in [0, 0.05) is 36.6 Å². The molecule has 4 saturated heterocycles. The van der Waals surface area contributed by atoms with Crippen LogP contribution in [0.1, 0.15) is 139 Å². The third-order valence-electron chi connectivity index (χ3n) is 16.0. The fraction of sp³-hybridized carbons (Fsp3) is 0.816. The first-order chi connectivity index (χ1) is 28.4. The maximum Gasteiger partial charge on any atom is 0.225 e. The van der Waals surface area contributed by atoms with Crippen molar-refractivity contribution < 1.29 is 48.9 Å². The molecule has 60 heavy (non-hydrogen) atoms. The molecule has 0 radical (unpaired) electrons. The van der Waals surface area contributed by atoms with E-state index in [1.165, 1.54) is 0 Å². The number of ether oxygens (including phenoxy) is 5.